The molecule has 3 rings (SSSR count). The number of nitrogens with zero attached hydrogens (tertiary/aromatic N) is 4. The molecule has 24 heavy (non-hydrogen) atoms. The molecule has 2 aliphatic heterocycles. The zero-order valence-corrected chi connectivity index (χ0v) is 15.3. The minimum Gasteiger partial charge on any atom is -0.466 e. The van der Waals surface area contributed by atoms with Crippen molar-refractivity contribution in [3.05, 3.63) is 27.9 Å². The van der Waals surface area contributed by atoms with Gasteiger partial charge in [-0.25, -0.2) is 14.1 Å². The average molecular weight is 368 g/mol. The van der Waals surface area contributed by atoms with Crippen LogP contribution in [0.3, 0.4) is 0 Å². The van der Waals surface area contributed by atoms with Crippen molar-refractivity contribution in [2.75, 3.05) is 39.6 Å². The molecule has 1 aromatic rings. The van der Waals surface area contributed by atoms with Gasteiger partial charge >= 0.3 is 5.97 Å². The molecule has 0 aromatic carbocycles. The standard InChI is InChI=1S/C15H20N4O3S2/c1-22-15(21)11-8-17-13(14-16-3-6-24-14)18-9-10(7-12(11)18)19(23-2)4-5-20/h3,6,10,20H,4-5,7-9H2,1-2H3. The molecule has 1 N–H and O–H groups in total. The van der Waals surface area contributed by atoms with Crippen LogP contribution in [0.4, 0.5) is 0 Å². The number of hydrogen-bond donors (Lipinski definition) is 1. The number of aliphatic hydroxyl groups excluding tert-OH is 1. The molecule has 7 nitrogen and oxygen atoms in total. The number of aliphatic imine (C=N–C) groups is 1. The fraction of sp³-hybridized carbons (Fsp3) is 0.533. The van der Waals surface area contributed by atoms with Gasteiger partial charge in [0.05, 0.1) is 25.8 Å². The molecule has 1 unspecified atom stereocenters. The van der Waals surface area contributed by atoms with Crippen LogP contribution in [0.25, 0.3) is 0 Å². The summed E-state index contributed by atoms with van der Waals surface area (Å²) in [6.07, 6.45) is 4.49. The van der Waals surface area contributed by atoms with E-state index in [9.17, 15) is 9.90 Å². The number of hydrogen-bond acceptors (Lipinski definition) is 9. The highest BCUT2D eigenvalue weighted by Gasteiger charge is 2.39. The first-order valence-electron chi connectivity index (χ1n) is 7.63. The summed E-state index contributed by atoms with van der Waals surface area (Å²) in [6.45, 7) is 1.73. The molecule has 130 valence electrons. The van der Waals surface area contributed by atoms with Crippen molar-refractivity contribution in [2.24, 2.45) is 4.99 Å². The monoisotopic (exact) mass is 368 g/mol. The van der Waals surface area contributed by atoms with Gasteiger partial charge in [-0.15, -0.1) is 11.3 Å². The van der Waals surface area contributed by atoms with Crippen LogP contribution in [-0.2, 0) is 9.53 Å². The van der Waals surface area contributed by atoms with E-state index in [0.717, 1.165) is 29.5 Å². The minimum absolute atomic E-state index is 0.105. The van der Waals surface area contributed by atoms with E-state index in [2.05, 4.69) is 19.2 Å². The Kier molecular flexibility index (Phi) is 5.54. The summed E-state index contributed by atoms with van der Waals surface area (Å²) in [5.41, 5.74) is 1.58. The molecule has 2 aliphatic rings. The molecule has 3 heterocycles. The van der Waals surface area contributed by atoms with Gasteiger partial charge in [-0.3, -0.25) is 4.99 Å². The maximum absolute atomic E-state index is 12.1. The van der Waals surface area contributed by atoms with Crippen molar-refractivity contribution in [2.45, 2.75) is 12.5 Å². The third-order valence-corrected chi connectivity index (χ3v) is 5.88. The van der Waals surface area contributed by atoms with Gasteiger partial charge in [0.25, 0.3) is 0 Å². The van der Waals surface area contributed by atoms with Gasteiger partial charge in [-0.05, 0) is 6.26 Å². The van der Waals surface area contributed by atoms with Crippen molar-refractivity contribution >= 4 is 35.1 Å². The molecule has 0 amide bonds. The largest absolute Gasteiger partial charge is 0.466 e. The summed E-state index contributed by atoms with van der Waals surface area (Å²) in [6, 6.07) is 0.199. The number of ether oxygens (including phenoxy) is 1. The van der Waals surface area contributed by atoms with Gasteiger partial charge in [-0.1, -0.05) is 11.9 Å². The van der Waals surface area contributed by atoms with Crippen LogP contribution < -0.4 is 0 Å². The Balaban J connectivity index is 1.93. The molecule has 9 heteroatoms. The van der Waals surface area contributed by atoms with Gasteiger partial charge in [0, 0.05) is 42.8 Å². The third kappa shape index (κ3) is 3.21. The second kappa shape index (κ2) is 7.64. The van der Waals surface area contributed by atoms with E-state index in [0.29, 0.717) is 18.7 Å². The third-order valence-electron chi connectivity index (χ3n) is 4.16. The Bertz CT molecular complexity index is 660. The Morgan fingerprint density at radius 2 is 2.46 bits per heavy atom. The lowest BCUT2D eigenvalue weighted by atomic mass is 10.1. The summed E-state index contributed by atoms with van der Waals surface area (Å²) < 4.78 is 7.08. The molecule has 0 aliphatic carbocycles. The Hall–Kier alpha value is -1.42. The van der Waals surface area contributed by atoms with Gasteiger partial charge in [0.1, 0.15) is 0 Å². The van der Waals surface area contributed by atoms with Gasteiger partial charge < -0.3 is 14.7 Å². The predicted octanol–water partition coefficient (Wildman–Crippen LogP) is 0.977. The lowest BCUT2D eigenvalue weighted by Crippen LogP contribution is -2.38. The smallest absolute Gasteiger partial charge is 0.337 e. The number of aromatic nitrogens is 1. The summed E-state index contributed by atoms with van der Waals surface area (Å²) in [4.78, 5) is 23.2. The van der Waals surface area contributed by atoms with Gasteiger partial charge in [-0.2, -0.15) is 0 Å². The quantitative estimate of drug-likeness (QED) is 0.592. The number of carbonyl (C=O) groups is 1. The summed E-state index contributed by atoms with van der Waals surface area (Å²) in [5, 5.41) is 12.1. The minimum atomic E-state index is -0.324. The SMILES string of the molecule is COC(=O)C1=C2CC(N(CCO)SC)CN2C(c2nccs2)=NC1. The Labute approximate surface area is 149 Å². The van der Waals surface area contributed by atoms with E-state index in [4.69, 9.17) is 4.74 Å². The van der Waals surface area contributed by atoms with Gasteiger partial charge in [0.15, 0.2) is 10.8 Å². The Morgan fingerprint density at radius 3 is 3.08 bits per heavy atom. The Morgan fingerprint density at radius 1 is 1.62 bits per heavy atom. The van der Waals surface area contributed by atoms with E-state index in [-0.39, 0.29) is 18.6 Å². The van der Waals surface area contributed by atoms with Crippen LogP contribution in [-0.4, -0.2) is 76.7 Å². The number of esters is 1. The summed E-state index contributed by atoms with van der Waals surface area (Å²) >= 11 is 3.14. The maximum Gasteiger partial charge on any atom is 0.337 e. The molecular formula is C15H20N4O3S2. The molecule has 0 bridgehead atoms. The summed E-state index contributed by atoms with van der Waals surface area (Å²) in [5.74, 6) is 0.496. The molecule has 0 spiro atoms. The first-order valence-corrected chi connectivity index (χ1v) is 9.69. The normalized spacial score (nSPS) is 20.4. The second-order valence-corrected chi connectivity index (χ2v) is 7.14. The van der Waals surface area contributed by atoms with Crippen LogP contribution in [0.2, 0.25) is 0 Å². The number of rotatable bonds is 6. The van der Waals surface area contributed by atoms with Crippen LogP contribution in [0, 0.1) is 0 Å². The number of fused-ring (bicyclic) bond motifs is 1. The molecule has 0 saturated carbocycles. The van der Waals surface area contributed by atoms with Crippen LogP contribution in [0.15, 0.2) is 27.8 Å². The first-order chi connectivity index (χ1) is 11.7. The van der Waals surface area contributed by atoms with E-state index in [1.165, 1.54) is 18.4 Å². The highest BCUT2D eigenvalue weighted by Crippen LogP contribution is 2.34. The molecule has 1 saturated heterocycles. The molecule has 1 aromatic heterocycles. The van der Waals surface area contributed by atoms with Crippen molar-refractivity contribution in [3.8, 4) is 0 Å². The number of carbonyl (C=O) groups excluding carboxylic acids is 1. The lowest BCUT2D eigenvalue weighted by Gasteiger charge is -2.27. The van der Waals surface area contributed by atoms with Crippen LogP contribution in [0.1, 0.15) is 11.4 Å². The summed E-state index contributed by atoms with van der Waals surface area (Å²) in [7, 11) is 1.40. The zero-order chi connectivity index (χ0) is 17.1. The van der Waals surface area contributed by atoms with E-state index in [1.54, 1.807) is 18.1 Å². The predicted molar refractivity (Wildman–Crippen MR) is 95.0 cm³/mol. The van der Waals surface area contributed by atoms with Crippen LogP contribution >= 0.6 is 23.3 Å². The number of methoxy groups -OCH3 is 1. The van der Waals surface area contributed by atoms with Crippen molar-refractivity contribution in [3.63, 3.8) is 0 Å². The number of thiazole rings is 1. The lowest BCUT2D eigenvalue weighted by molar-refractivity contribution is -0.136. The van der Waals surface area contributed by atoms with Gasteiger partial charge in [0.2, 0.25) is 0 Å². The maximum atomic E-state index is 12.1. The average Bonchev–Trinajstić information content (AvgIpc) is 3.27. The zero-order valence-electron chi connectivity index (χ0n) is 13.6. The topological polar surface area (TPSA) is 78.3 Å². The highest BCUT2D eigenvalue weighted by molar-refractivity contribution is 7.96. The first kappa shape index (κ1) is 17.4. The molecule has 0 radical (unpaired) electrons. The highest BCUT2D eigenvalue weighted by atomic mass is 32.2. The molecular weight excluding hydrogens is 348 g/mol. The van der Waals surface area contributed by atoms with E-state index >= 15 is 0 Å². The fourth-order valence-electron chi connectivity index (χ4n) is 3.09. The number of amidine groups is 1. The number of aliphatic hydroxyl groups is 1. The second-order valence-electron chi connectivity index (χ2n) is 5.41. The van der Waals surface area contributed by atoms with E-state index < -0.39 is 0 Å². The van der Waals surface area contributed by atoms with Crippen molar-refractivity contribution < 1.29 is 14.6 Å². The molecule has 1 atom stereocenters. The fourth-order valence-corrected chi connectivity index (χ4v) is 4.44. The van der Waals surface area contributed by atoms with E-state index in [1.807, 2.05) is 11.6 Å². The molecule has 1 fully saturated rings. The van der Waals surface area contributed by atoms with Crippen LogP contribution in [0.5, 0.6) is 0 Å². The van der Waals surface area contributed by atoms with Crippen molar-refractivity contribution in [1.82, 2.24) is 14.2 Å². The van der Waals surface area contributed by atoms with Crippen molar-refractivity contribution in [1.29, 1.82) is 0 Å².